The fourth-order valence-electron chi connectivity index (χ4n) is 1.65. The zero-order valence-electron chi connectivity index (χ0n) is 9.56. The number of rotatable bonds is 6. The van der Waals surface area contributed by atoms with Crippen LogP contribution in [0.5, 0.6) is 0 Å². The average Bonchev–Trinajstić information content (AvgIpc) is 2.28. The fourth-order valence-corrected chi connectivity index (χ4v) is 1.65. The van der Waals surface area contributed by atoms with Crippen molar-refractivity contribution < 1.29 is 14.6 Å². The van der Waals surface area contributed by atoms with Crippen LogP contribution in [0.3, 0.4) is 0 Å². The minimum Gasteiger partial charge on any atom is -0.390 e. The lowest BCUT2D eigenvalue weighted by atomic mass is 10.0. The third-order valence-corrected chi connectivity index (χ3v) is 2.67. The summed E-state index contributed by atoms with van der Waals surface area (Å²) in [4.78, 5) is 0. The fraction of sp³-hybridized carbons (Fsp3) is 0.538. The predicted molar refractivity (Wildman–Crippen MR) is 61.6 cm³/mol. The van der Waals surface area contributed by atoms with Crippen LogP contribution in [0.15, 0.2) is 24.3 Å². The van der Waals surface area contributed by atoms with Crippen molar-refractivity contribution in [1.29, 1.82) is 0 Å². The normalized spacial score (nSPS) is 14.8. The van der Waals surface area contributed by atoms with Crippen LogP contribution in [0.4, 0.5) is 4.39 Å². The van der Waals surface area contributed by atoms with Gasteiger partial charge in [-0.25, -0.2) is 4.39 Å². The summed E-state index contributed by atoms with van der Waals surface area (Å²) in [7, 11) is 0. The molecule has 2 nitrogen and oxygen atoms in total. The smallest absolute Gasteiger partial charge is 0.123 e. The predicted octanol–water partition coefficient (Wildman–Crippen LogP) is 2.28. The molecule has 0 saturated heterocycles. The standard InChI is InChI=1S/C13H19FO2/c1-2-3-12(15)13(16)9-6-10-4-7-11(14)8-5-10/h4-5,7-8,12-13,15-16H,2-3,6,9H2,1H3. The molecule has 16 heavy (non-hydrogen) atoms. The van der Waals surface area contributed by atoms with Crippen molar-refractivity contribution in [2.75, 3.05) is 0 Å². The first-order valence-corrected chi connectivity index (χ1v) is 5.74. The Morgan fingerprint density at radius 3 is 2.19 bits per heavy atom. The van der Waals surface area contributed by atoms with E-state index in [0.717, 1.165) is 12.0 Å². The molecule has 0 aliphatic heterocycles. The maximum Gasteiger partial charge on any atom is 0.123 e. The molecular formula is C13H19FO2. The molecule has 0 radical (unpaired) electrons. The quantitative estimate of drug-likeness (QED) is 0.781. The van der Waals surface area contributed by atoms with E-state index in [1.807, 2.05) is 6.92 Å². The molecule has 1 rings (SSSR count). The van der Waals surface area contributed by atoms with Crippen LogP contribution in [-0.4, -0.2) is 22.4 Å². The van der Waals surface area contributed by atoms with Gasteiger partial charge in [0.2, 0.25) is 0 Å². The van der Waals surface area contributed by atoms with Crippen molar-refractivity contribution in [3.63, 3.8) is 0 Å². The molecule has 0 aliphatic carbocycles. The Morgan fingerprint density at radius 1 is 1.06 bits per heavy atom. The molecule has 0 aliphatic rings. The van der Waals surface area contributed by atoms with Crippen LogP contribution in [0.25, 0.3) is 0 Å². The van der Waals surface area contributed by atoms with Gasteiger partial charge in [-0.1, -0.05) is 25.5 Å². The van der Waals surface area contributed by atoms with Crippen molar-refractivity contribution in [3.05, 3.63) is 35.6 Å². The summed E-state index contributed by atoms with van der Waals surface area (Å²) in [5.41, 5.74) is 0.976. The average molecular weight is 226 g/mol. The number of aliphatic hydroxyl groups is 2. The van der Waals surface area contributed by atoms with E-state index >= 15 is 0 Å². The summed E-state index contributed by atoms with van der Waals surface area (Å²) in [5.74, 6) is -0.254. The highest BCUT2D eigenvalue weighted by Gasteiger charge is 2.14. The third-order valence-electron chi connectivity index (χ3n) is 2.67. The van der Waals surface area contributed by atoms with Gasteiger partial charge in [-0.05, 0) is 37.0 Å². The van der Waals surface area contributed by atoms with Crippen LogP contribution >= 0.6 is 0 Å². The lowest BCUT2D eigenvalue weighted by Gasteiger charge is -2.16. The summed E-state index contributed by atoms with van der Waals surface area (Å²) >= 11 is 0. The zero-order valence-corrected chi connectivity index (χ0v) is 9.56. The molecule has 3 heteroatoms. The Balaban J connectivity index is 2.36. The van der Waals surface area contributed by atoms with Crippen LogP contribution in [-0.2, 0) is 6.42 Å². The van der Waals surface area contributed by atoms with E-state index in [4.69, 9.17) is 0 Å². The van der Waals surface area contributed by atoms with Crippen molar-refractivity contribution >= 4 is 0 Å². The molecule has 0 saturated carbocycles. The number of benzene rings is 1. The highest BCUT2D eigenvalue weighted by molar-refractivity contribution is 5.16. The molecule has 1 aromatic carbocycles. The molecule has 2 N–H and O–H groups in total. The van der Waals surface area contributed by atoms with Gasteiger partial charge in [0, 0.05) is 0 Å². The molecule has 90 valence electrons. The zero-order chi connectivity index (χ0) is 12.0. The van der Waals surface area contributed by atoms with E-state index < -0.39 is 12.2 Å². The topological polar surface area (TPSA) is 40.5 Å². The van der Waals surface area contributed by atoms with Gasteiger partial charge in [-0.15, -0.1) is 0 Å². The van der Waals surface area contributed by atoms with Crippen molar-refractivity contribution in [3.8, 4) is 0 Å². The number of aliphatic hydroxyl groups excluding tert-OH is 2. The first-order valence-electron chi connectivity index (χ1n) is 5.74. The maximum atomic E-state index is 12.6. The Bertz CT molecular complexity index is 297. The van der Waals surface area contributed by atoms with Gasteiger partial charge in [0.1, 0.15) is 5.82 Å². The second-order valence-corrected chi connectivity index (χ2v) is 4.09. The Hall–Kier alpha value is -0.930. The monoisotopic (exact) mass is 226 g/mol. The third kappa shape index (κ3) is 4.29. The number of hydrogen-bond acceptors (Lipinski definition) is 2. The second kappa shape index (κ2) is 6.61. The van der Waals surface area contributed by atoms with E-state index in [1.54, 1.807) is 12.1 Å². The van der Waals surface area contributed by atoms with Gasteiger partial charge in [0.15, 0.2) is 0 Å². The summed E-state index contributed by atoms with van der Waals surface area (Å²) in [6, 6.07) is 6.22. The first kappa shape index (κ1) is 13.1. The van der Waals surface area contributed by atoms with E-state index in [0.29, 0.717) is 19.3 Å². The van der Waals surface area contributed by atoms with E-state index in [2.05, 4.69) is 0 Å². The van der Waals surface area contributed by atoms with Gasteiger partial charge in [0.25, 0.3) is 0 Å². The maximum absolute atomic E-state index is 12.6. The number of hydrogen-bond donors (Lipinski definition) is 2. The second-order valence-electron chi connectivity index (χ2n) is 4.09. The lowest BCUT2D eigenvalue weighted by molar-refractivity contribution is 0.00980. The number of aryl methyl sites for hydroxylation is 1. The van der Waals surface area contributed by atoms with E-state index in [9.17, 15) is 14.6 Å². The minimum absolute atomic E-state index is 0.254. The van der Waals surface area contributed by atoms with Crippen LogP contribution in [0, 0.1) is 5.82 Å². The SMILES string of the molecule is CCCC(O)C(O)CCc1ccc(F)cc1. The van der Waals surface area contributed by atoms with Gasteiger partial charge >= 0.3 is 0 Å². The molecule has 0 amide bonds. The summed E-state index contributed by atoms with van der Waals surface area (Å²) in [5, 5.41) is 19.2. The minimum atomic E-state index is -0.690. The van der Waals surface area contributed by atoms with Crippen LogP contribution < -0.4 is 0 Å². The molecule has 2 unspecified atom stereocenters. The van der Waals surface area contributed by atoms with Crippen molar-refractivity contribution in [1.82, 2.24) is 0 Å². The van der Waals surface area contributed by atoms with Crippen molar-refractivity contribution in [2.24, 2.45) is 0 Å². The first-order chi connectivity index (χ1) is 7.63. The summed E-state index contributed by atoms with van der Waals surface area (Å²) in [6.45, 7) is 1.97. The van der Waals surface area contributed by atoms with Gasteiger partial charge < -0.3 is 10.2 Å². The molecule has 0 heterocycles. The molecule has 0 bridgehead atoms. The molecule has 0 fully saturated rings. The molecular weight excluding hydrogens is 207 g/mol. The molecule has 0 aromatic heterocycles. The highest BCUT2D eigenvalue weighted by atomic mass is 19.1. The Labute approximate surface area is 95.7 Å². The van der Waals surface area contributed by atoms with Crippen LogP contribution in [0.1, 0.15) is 31.7 Å². The van der Waals surface area contributed by atoms with Gasteiger partial charge in [0.05, 0.1) is 12.2 Å². The molecule has 0 spiro atoms. The summed E-state index contributed by atoms with van der Waals surface area (Å²) < 4.78 is 12.6. The molecule has 1 aromatic rings. The number of halogens is 1. The Morgan fingerprint density at radius 2 is 1.62 bits per heavy atom. The van der Waals surface area contributed by atoms with E-state index in [-0.39, 0.29) is 5.82 Å². The lowest BCUT2D eigenvalue weighted by Crippen LogP contribution is -2.26. The van der Waals surface area contributed by atoms with Crippen molar-refractivity contribution in [2.45, 2.75) is 44.8 Å². The largest absolute Gasteiger partial charge is 0.390 e. The Kier molecular flexibility index (Phi) is 5.43. The van der Waals surface area contributed by atoms with Gasteiger partial charge in [-0.3, -0.25) is 0 Å². The highest BCUT2D eigenvalue weighted by Crippen LogP contribution is 2.11. The van der Waals surface area contributed by atoms with Crippen LogP contribution in [0.2, 0.25) is 0 Å². The summed E-state index contributed by atoms with van der Waals surface area (Å²) in [6.07, 6.45) is 1.30. The van der Waals surface area contributed by atoms with Gasteiger partial charge in [-0.2, -0.15) is 0 Å². The van der Waals surface area contributed by atoms with E-state index in [1.165, 1.54) is 12.1 Å². The molecule has 2 atom stereocenters.